The Balaban J connectivity index is 2.15. The molecular formula is C16H23FN2O2. The molecule has 1 unspecified atom stereocenters. The lowest BCUT2D eigenvalue weighted by Gasteiger charge is -2.30. The van der Waals surface area contributed by atoms with Gasteiger partial charge < -0.3 is 15.3 Å². The van der Waals surface area contributed by atoms with Gasteiger partial charge in [-0.1, -0.05) is 13.0 Å². The zero-order valence-electron chi connectivity index (χ0n) is 12.4. The Hall–Kier alpha value is -1.62. The average molecular weight is 294 g/mol. The number of carboxylic acids is 1. The summed E-state index contributed by atoms with van der Waals surface area (Å²) in [4.78, 5) is 14.1. The maximum Gasteiger partial charge on any atom is 0.329 e. The second-order valence-electron chi connectivity index (χ2n) is 5.72. The zero-order valence-corrected chi connectivity index (χ0v) is 12.4. The van der Waals surface area contributed by atoms with Crippen LogP contribution in [0.4, 0.5) is 10.1 Å². The minimum absolute atomic E-state index is 0.359. The molecule has 116 valence electrons. The van der Waals surface area contributed by atoms with Gasteiger partial charge in [0.2, 0.25) is 0 Å². The van der Waals surface area contributed by atoms with Gasteiger partial charge in [-0.15, -0.1) is 0 Å². The van der Waals surface area contributed by atoms with E-state index < -0.39 is 11.5 Å². The number of likely N-dealkylation sites (tertiary alicyclic amines) is 1. The quantitative estimate of drug-likeness (QED) is 0.876. The van der Waals surface area contributed by atoms with Crippen LogP contribution in [0.3, 0.4) is 0 Å². The van der Waals surface area contributed by atoms with E-state index in [4.69, 9.17) is 0 Å². The maximum absolute atomic E-state index is 13.3. The smallest absolute Gasteiger partial charge is 0.329 e. The molecule has 1 aliphatic heterocycles. The Bertz CT molecular complexity index is 495. The third-order valence-electron chi connectivity index (χ3n) is 4.09. The minimum Gasteiger partial charge on any atom is -0.480 e. The summed E-state index contributed by atoms with van der Waals surface area (Å²) in [5.74, 6) is -1.22. The molecule has 0 bridgehead atoms. The van der Waals surface area contributed by atoms with Gasteiger partial charge in [0.05, 0.1) is 0 Å². The Morgan fingerprint density at radius 2 is 2.24 bits per heavy atom. The van der Waals surface area contributed by atoms with Crippen LogP contribution in [0.15, 0.2) is 24.3 Å². The number of hydrogen-bond acceptors (Lipinski definition) is 3. The minimum atomic E-state index is -1.00. The molecule has 1 aromatic carbocycles. The number of anilines is 1. The number of hydrogen-bond donors (Lipinski definition) is 2. The fraction of sp³-hybridized carbons (Fsp3) is 0.562. The molecule has 0 saturated carbocycles. The summed E-state index contributed by atoms with van der Waals surface area (Å²) in [6.45, 7) is 4.80. The maximum atomic E-state index is 13.3. The highest BCUT2D eigenvalue weighted by atomic mass is 19.1. The summed E-state index contributed by atoms with van der Waals surface area (Å²) in [5.41, 5.74) is -0.475. The number of aliphatic carboxylic acids is 1. The van der Waals surface area contributed by atoms with Crippen molar-refractivity contribution in [2.75, 3.05) is 25.0 Å². The normalized spacial score (nSPS) is 23.5. The predicted octanol–water partition coefficient (Wildman–Crippen LogP) is 2.96. The van der Waals surface area contributed by atoms with Gasteiger partial charge in [-0.25, -0.2) is 9.18 Å². The fourth-order valence-electron chi connectivity index (χ4n) is 2.96. The Labute approximate surface area is 125 Å². The van der Waals surface area contributed by atoms with Gasteiger partial charge in [0, 0.05) is 12.2 Å². The van der Waals surface area contributed by atoms with E-state index in [1.165, 1.54) is 12.1 Å². The molecule has 0 aromatic heterocycles. The highest BCUT2D eigenvalue weighted by molar-refractivity contribution is 5.82. The third kappa shape index (κ3) is 3.94. The molecule has 2 rings (SSSR count). The van der Waals surface area contributed by atoms with E-state index in [2.05, 4.69) is 17.1 Å². The summed E-state index contributed by atoms with van der Waals surface area (Å²) in [5, 5.41) is 12.8. The van der Waals surface area contributed by atoms with E-state index >= 15 is 0 Å². The van der Waals surface area contributed by atoms with Gasteiger partial charge in [-0.05, 0) is 57.0 Å². The Morgan fingerprint density at radius 1 is 1.43 bits per heavy atom. The molecule has 1 atom stereocenters. The molecule has 1 aromatic rings. The summed E-state index contributed by atoms with van der Waals surface area (Å²) in [6, 6.07) is 6.00. The van der Waals surface area contributed by atoms with Crippen LogP contribution < -0.4 is 5.32 Å². The van der Waals surface area contributed by atoms with Crippen LogP contribution >= 0.6 is 0 Å². The fourth-order valence-corrected chi connectivity index (χ4v) is 2.96. The molecule has 1 heterocycles. The van der Waals surface area contributed by atoms with Crippen molar-refractivity contribution in [3.63, 3.8) is 0 Å². The molecule has 21 heavy (non-hydrogen) atoms. The number of carbonyl (C=O) groups is 1. The van der Waals surface area contributed by atoms with Gasteiger partial charge in [-0.2, -0.15) is 0 Å². The van der Waals surface area contributed by atoms with Crippen molar-refractivity contribution in [3.05, 3.63) is 30.1 Å². The van der Waals surface area contributed by atoms with E-state index in [0.29, 0.717) is 18.5 Å². The molecular weight excluding hydrogens is 271 g/mol. The monoisotopic (exact) mass is 294 g/mol. The van der Waals surface area contributed by atoms with Crippen molar-refractivity contribution in [3.8, 4) is 0 Å². The van der Waals surface area contributed by atoms with Gasteiger partial charge >= 0.3 is 5.97 Å². The lowest BCUT2D eigenvalue weighted by atomic mass is 9.90. The molecule has 0 aliphatic carbocycles. The van der Waals surface area contributed by atoms with E-state index in [1.807, 2.05) is 0 Å². The highest BCUT2D eigenvalue weighted by Gasteiger charge is 2.39. The van der Waals surface area contributed by atoms with E-state index in [1.54, 1.807) is 12.1 Å². The molecule has 1 saturated heterocycles. The number of halogens is 1. The first-order valence-electron chi connectivity index (χ1n) is 7.55. The molecule has 1 aliphatic rings. The van der Waals surface area contributed by atoms with Crippen molar-refractivity contribution < 1.29 is 14.3 Å². The Morgan fingerprint density at radius 3 is 2.90 bits per heavy atom. The lowest BCUT2D eigenvalue weighted by Crippen LogP contribution is -2.47. The average Bonchev–Trinajstić information content (AvgIpc) is 2.63. The van der Waals surface area contributed by atoms with Crippen molar-refractivity contribution in [1.82, 2.24) is 4.90 Å². The van der Waals surface area contributed by atoms with Gasteiger partial charge in [0.15, 0.2) is 0 Å². The topological polar surface area (TPSA) is 52.6 Å². The van der Waals surface area contributed by atoms with Crippen LogP contribution in [0.5, 0.6) is 0 Å². The van der Waals surface area contributed by atoms with Crippen molar-refractivity contribution >= 4 is 11.7 Å². The standard InChI is InChI=1S/C16H23FN2O2/c1-2-9-19-10-4-7-16(8-11-19,15(20)21)18-14-6-3-5-13(17)12-14/h3,5-6,12,18H,2,4,7-11H2,1H3,(H,20,21). The molecule has 0 radical (unpaired) electrons. The second-order valence-corrected chi connectivity index (χ2v) is 5.72. The van der Waals surface area contributed by atoms with Gasteiger partial charge in [-0.3, -0.25) is 0 Å². The third-order valence-corrected chi connectivity index (χ3v) is 4.09. The number of nitrogens with one attached hydrogen (secondary N) is 1. The SMILES string of the molecule is CCCN1CCCC(Nc2cccc(F)c2)(C(=O)O)CC1. The van der Waals surface area contributed by atoms with Crippen molar-refractivity contribution in [2.24, 2.45) is 0 Å². The number of carboxylic acid groups (broad SMARTS) is 1. The van der Waals surface area contributed by atoms with E-state index in [9.17, 15) is 14.3 Å². The first-order valence-corrected chi connectivity index (χ1v) is 7.55. The Kier molecular flexibility index (Phi) is 5.17. The van der Waals surface area contributed by atoms with Crippen LogP contribution in [0.25, 0.3) is 0 Å². The van der Waals surface area contributed by atoms with Gasteiger partial charge in [0.1, 0.15) is 11.4 Å². The molecule has 4 nitrogen and oxygen atoms in total. The summed E-state index contributed by atoms with van der Waals surface area (Å²) >= 11 is 0. The van der Waals surface area contributed by atoms with Crippen molar-refractivity contribution in [2.45, 2.75) is 38.1 Å². The molecule has 2 N–H and O–H groups in total. The zero-order chi connectivity index (χ0) is 15.3. The molecule has 1 fully saturated rings. The lowest BCUT2D eigenvalue weighted by molar-refractivity contribution is -0.142. The summed E-state index contributed by atoms with van der Waals surface area (Å²) in [7, 11) is 0. The predicted molar refractivity (Wildman–Crippen MR) is 81.0 cm³/mol. The van der Waals surface area contributed by atoms with Crippen LogP contribution in [-0.4, -0.2) is 41.1 Å². The molecule has 5 heteroatoms. The van der Waals surface area contributed by atoms with Crippen molar-refractivity contribution in [1.29, 1.82) is 0 Å². The second kappa shape index (κ2) is 6.89. The van der Waals surface area contributed by atoms with Crippen LogP contribution in [-0.2, 0) is 4.79 Å². The number of rotatable bonds is 5. The van der Waals surface area contributed by atoms with Crippen LogP contribution in [0.1, 0.15) is 32.6 Å². The first kappa shape index (κ1) is 15.8. The first-order chi connectivity index (χ1) is 10.1. The number of nitrogens with zero attached hydrogens (tertiary/aromatic N) is 1. The largest absolute Gasteiger partial charge is 0.480 e. The van der Waals surface area contributed by atoms with E-state index in [-0.39, 0.29) is 5.82 Å². The highest BCUT2D eigenvalue weighted by Crippen LogP contribution is 2.28. The summed E-state index contributed by atoms with van der Waals surface area (Å²) < 4.78 is 13.3. The molecule has 0 spiro atoms. The van der Waals surface area contributed by atoms with Gasteiger partial charge in [0.25, 0.3) is 0 Å². The van der Waals surface area contributed by atoms with Crippen LogP contribution in [0, 0.1) is 5.82 Å². The molecule has 0 amide bonds. The number of benzene rings is 1. The van der Waals surface area contributed by atoms with E-state index in [0.717, 1.165) is 32.5 Å². The van der Waals surface area contributed by atoms with Crippen LogP contribution in [0.2, 0.25) is 0 Å². The summed E-state index contributed by atoms with van der Waals surface area (Å²) in [6.07, 6.45) is 2.98.